The second kappa shape index (κ2) is 1.36. The van der Waals surface area contributed by atoms with Gasteiger partial charge in [0.15, 0.2) is 0 Å². The van der Waals surface area contributed by atoms with Crippen molar-refractivity contribution in [3.05, 3.63) is 12.2 Å². The lowest BCUT2D eigenvalue weighted by Gasteiger charge is -2.06. The topological polar surface area (TPSA) is 0 Å². The molecule has 0 heteroatoms. The predicted molar refractivity (Wildman–Crippen MR) is 32.2 cm³/mol. The van der Waals surface area contributed by atoms with Crippen molar-refractivity contribution in [3.8, 4) is 0 Å². The van der Waals surface area contributed by atoms with Gasteiger partial charge < -0.3 is 0 Å². The fraction of sp³-hybridized carbons (Fsp3) is 0.714. The molecule has 0 N–H and O–H groups in total. The van der Waals surface area contributed by atoms with E-state index in [1.807, 2.05) is 0 Å². The summed E-state index contributed by atoms with van der Waals surface area (Å²) in [7, 11) is 0. The van der Waals surface area contributed by atoms with Gasteiger partial charge in [-0.1, -0.05) is 26.0 Å². The van der Waals surface area contributed by atoms with Crippen LogP contribution in [0, 0.1) is 5.41 Å². The molecule has 0 nitrogen and oxygen atoms in total. The highest BCUT2D eigenvalue weighted by Crippen LogP contribution is 2.40. The maximum atomic E-state index is 2.30. The molecule has 0 atom stereocenters. The van der Waals surface area contributed by atoms with E-state index in [9.17, 15) is 0 Å². The van der Waals surface area contributed by atoms with Crippen molar-refractivity contribution in [2.45, 2.75) is 26.7 Å². The summed E-state index contributed by atoms with van der Waals surface area (Å²) >= 11 is 0. The van der Waals surface area contributed by atoms with Crippen LogP contribution in [0.3, 0.4) is 0 Å². The van der Waals surface area contributed by atoms with E-state index in [-0.39, 0.29) is 0 Å². The van der Waals surface area contributed by atoms with E-state index >= 15 is 0 Å². The van der Waals surface area contributed by atoms with E-state index in [2.05, 4.69) is 26.0 Å². The lowest BCUT2D eigenvalue weighted by atomic mass is 9.98. The second-order valence-electron chi connectivity index (χ2n) is 2.27. The SMILES string of the molecule is CCC1(CC)C=C1. The molecular weight excluding hydrogens is 84.1 g/mol. The van der Waals surface area contributed by atoms with Gasteiger partial charge in [0.1, 0.15) is 0 Å². The quantitative estimate of drug-likeness (QED) is 0.463. The minimum absolute atomic E-state index is 0.583. The highest BCUT2D eigenvalue weighted by molar-refractivity contribution is 5.24. The van der Waals surface area contributed by atoms with Gasteiger partial charge in [-0.25, -0.2) is 0 Å². The first-order valence-corrected chi connectivity index (χ1v) is 3.03. The summed E-state index contributed by atoms with van der Waals surface area (Å²) in [4.78, 5) is 0. The van der Waals surface area contributed by atoms with Crippen molar-refractivity contribution in [2.75, 3.05) is 0 Å². The molecule has 0 aromatic rings. The molecule has 1 rings (SSSR count). The van der Waals surface area contributed by atoms with Gasteiger partial charge in [0.25, 0.3) is 0 Å². The van der Waals surface area contributed by atoms with Gasteiger partial charge in [0.2, 0.25) is 0 Å². The fourth-order valence-electron chi connectivity index (χ4n) is 0.839. The van der Waals surface area contributed by atoms with Crippen molar-refractivity contribution < 1.29 is 0 Å². The Kier molecular flexibility index (Phi) is 0.949. The summed E-state index contributed by atoms with van der Waals surface area (Å²) in [6.45, 7) is 4.48. The highest BCUT2D eigenvalue weighted by Gasteiger charge is 2.28. The predicted octanol–water partition coefficient (Wildman–Crippen LogP) is 2.36. The number of allylic oxidation sites excluding steroid dienone is 2. The van der Waals surface area contributed by atoms with Crippen molar-refractivity contribution in [3.63, 3.8) is 0 Å². The molecule has 1 aliphatic rings. The van der Waals surface area contributed by atoms with E-state index in [1.54, 1.807) is 0 Å². The van der Waals surface area contributed by atoms with E-state index in [1.165, 1.54) is 12.8 Å². The molecule has 0 radical (unpaired) electrons. The maximum absolute atomic E-state index is 2.30. The molecule has 0 saturated heterocycles. The van der Waals surface area contributed by atoms with Crippen molar-refractivity contribution in [1.29, 1.82) is 0 Å². The Morgan fingerprint density at radius 3 is 1.57 bits per heavy atom. The monoisotopic (exact) mass is 96.1 g/mol. The van der Waals surface area contributed by atoms with Crippen molar-refractivity contribution >= 4 is 0 Å². The molecule has 0 spiro atoms. The lowest BCUT2D eigenvalue weighted by molar-refractivity contribution is 0.530. The molecule has 0 bridgehead atoms. The average molecular weight is 96.2 g/mol. The molecule has 0 fully saturated rings. The van der Waals surface area contributed by atoms with Crippen LogP contribution in [-0.2, 0) is 0 Å². The first-order chi connectivity index (χ1) is 3.33. The van der Waals surface area contributed by atoms with Gasteiger partial charge in [0.05, 0.1) is 0 Å². The molecule has 0 unspecified atom stereocenters. The summed E-state index contributed by atoms with van der Waals surface area (Å²) in [5.41, 5.74) is 0.583. The Bertz CT molecular complexity index is 78.2. The van der Waals surface area contributed by atoms with Crippen LogP contribution in [0.4, 0.5) is 0 Å². The Labute approximate surface area is 45.2 Å². The van der Waals surface area contributed by atoms with Crippen LogP contribution >= 0.6 is 0 Å². The molecular formula is C7H12. The van der Waals surface area contributed by atoms with Gasteiger partial charge in [-0.3, -0.25) is 0 Å². The van der Waals surface area contributed by atoms with Crippen molar-refractivity contribution in [1.82, 2.24) is 0 Å². The molecule has 0 amide bonds. The lowest BCUT2D eigenvalue weighted by Crippen LogP contribution is -1.95. The highest BCUT2D eigenvalue weighted by atomic mass is 14.3. The maximum Gasteiger partial charge on any atom is 0.00563 e. The first-order valence-electron chi connectivity index (χ1n) is 3.03. The van der Waals surface area contributed by atoms with Gasteiger partial charge in [-0.2, -0.15) is 0 Å². The van der Waals surface area contributed by atoms with Crippen LogP contribution in [0.25, 0.3) is 0 Å². The zero-order valence-electron chi connectivity index (χ0n) is 5.07. The van der Waals surface area contributed by atoms with Crippen LogP contribution in [0.5, 0.6) is 0 Å². The van der Waals surface area contributed by atoms with Crippen LogP contribution in [0.2, 0.25) is 0 Å². The third-order valence-electron chi connectivity index (χ3n) is 1.95. The van der Waals surface area contributed by atoms with Gasteiger partial charge in [0, 0.05) is 5.41 Å². The molecule has 1 aliphatic carbocycles. The van der Waals surface area contributed by atoms with Crippen LogP contribution in [0.15, 0.2) is 12.2 Å². The van der Waals surface area contributed by atoms with Gasteiger partial charge in [-0.05, 0) is 12.8 Å². The molecule has 0 aromatic heterocycles. The summed E-state index contributed by atoms with van der Waals surface area (Å²) in [5, 5.41) is 0. The fourth-order valence-corrected chi connectivity index (χ4v) is 0.839. The summed E-state index contributed by atoms with van der Waals surface area (Å²) in [6, 6.07) is 0. The molecule has 7 heavy (non-hydrogen) atoms. The van der Waals surface area contributed by atoms with E-state index in [0.717, 1.165) is 0 Å². The van der Waals surface area contributed by atoms with Crippen LogP contribution in [0.1, 0.15) is 26.7 Å². The molecule has 40 valence electrons. The minimum atomic E-state index is 0.583. The summed E-state index contributed by atoms with van der Waals surface area (Å²) in [6.07, 6.45) is 7.19. The number of hydrogen-bond acceptors (Lipinski definition) is 0. The van der Waals surface area contributed by atoms with E-state index in [4.69, 9.17) is 0 Å². The third kappa shape index (κ3) is 0.696. The van der Waals surface area contributed by atoms with Gasteiger partial charge >= 0.3 is 0 Å². The summed E-state index contributed by atoms with van der Waals surface area (Å²) in [5.74, 6) is 0. The molecule has 0 aromatic carbocycles. The summed E-state index contributed by atoms with van der Waals surface area (Å²) < 4.78 is 0. The Morgan fingerprint density at radius 1 is 1.14 bits per heavy atom. The standard InChI is InChI=1S/C7H12/c1-3-7(4-2)5-6-7/h5-6H,3-4H2,1-2H3. The van der Waals surface area contributed by atoms with Gasteiger partial charge in [-0.15, -0.1) is 0 Å². The van der Waals surface area contributed by atoms with E-state index in [0.29, 0.717) is 5.41 Å². The van der Waals surface area contributed by atoms with Crippen LogP contribution in [-0.4, -0.2) is 0 Å². The normalized spacial score (nSPS) is 22.6. The second-order valence-corrected chi connectivity index (χ2v) is 2.27. The molecule has 0 aliphatic heterocycles. The average Bonchev–Trinajstić information content (AvgIpc) is 2.46. The Morgan fingerprint density at radius 2 is 1.57 bits per heavy atom. The number of hydrogen-bond donors (Lipinski definition) is 0. The molecule has 0 saturated carbocycles. The molecule has 0 heterocycles. The minimum Gasteiger partial charge on any atom is -0.0777 e. The zero-order chi connectivity index (χ0) is 5.33. The van der Waals surface area contributed by atoms with Crippen LogP contribution < -0.4 is 0 Å². The Hall–Kier alpha value is -0.260. The Balaban J connectivity index is 2.31. The van der Waals surface area contributed by atoms with E-state index < -0.39 is 0 Å². The largest absolute Gasteiger partial charge is 0.0777 e. The smallest absolute Gasteiger partial charge is 0.00563 e. The third-order valence-corrected chi connectivity index (χ3v) is 1.95. The zero-order valence-corrected chi connectivity index (χ0v) is 5.07. The number of rotatable bonds is 2. The van der Waals surface area contributed by atoms with Crippen molar-refractivity contribution in [2.24, 2.45) is 5.41 Å². The first kappa shape index (κ1) is 4.89.